The van der Waals surface area contributed by atoms with Crippen molar-refractivity contribution < 1.29 is 9.59 Å². The van der Waals surface area contributed by atoms with Crippen LogP contribution in [0.3, 0.4) is 0 Å². The van der Waals surface area contributed by atoms with Gasteiger partial charge in [-0.2, -0.15) is 0 Å². The summed E-state index contributed by atoms with van der Waals surface area (Å²) in [5, 5.41) is 8.98. The summed E-state index contributed by atoms with van der Waals surface area (Å²) in [5.41, 5.74) is 5.89. The number of rotatable bonds is 5. The highest BCUT2D eigenvalue weighted by molar-refractivity contribution is 8.00. The molecular formula is C14H17N5O2S. The molecule has 0 saturated heterocycles. The number of thioether (sulfide) groups is 1. The smallest absolute Gasteiger partial charge is 0.318 e. The fraction of sp³-hybridized carbons (Fsp3) is 0.286. The fourth-order valence-electron chi connectivity index (χ4n) is 1.82. The van der Waals surface area contributed by atoms with Crippen molar-refractivity contribution in [3.63, 3.8) is 0 Å². The molecule has 0 aliphatic heterocycles. The molecule has 0 fully saturated rings. The molecule has 0 unspecified atom stereocenters. The lowest BCUT2D eigenvalue weighted by Crippen LogP contribution is -2.42. The Morgan fingerprint density at radius 1 is 1.27 bits per heavy atom. The Kier molecular flexibility index (Phi) is 5.16. The maximum Gasteiger partial charge on any atom is 0.318 e. The third-order valence-electron chi connectivity index (χ3n) is 2.85. The minimum atomic E-state index is -0.865. The highest BCUT2D eigenvalue weighted by atomic mass is 32.2. The van der Waals surface area contributed by atoms with Crippen molar-refractivity contribution in [2.75, 3.05) is 0 Å². The monoisotopic (exact) mass is 319 g/mol. The number of aromatic amines is 1. The molecule has 22 heavy (non-hydrogen) atoms. The Hall–Kier alpha value is -2.35. The molecule has 1 heterocycles. The van der Waals surface area contributed by atoms with Gasteiger partial charge < -0.3 is 5.73 Å². The first-order valence-electron chi connectivity index (χ1n) is 6.72. The number of hydrogen-bond acceptors (Lipinski definition) is 5. The van der Waals surface area contributed by atoms with Crippen LogP contribution >= 0.6 is 11.8 Å². The van der Waals surface area contributed by atoms with Gasteiger partial charge in [0.1, 0.15) is 0 Å². The molecule has 1 aromatic heterocycles. The van der Waals surface area contributed by atoms with Crippen molar-refractivity contribution >= 4 is 23.7 Å². The van der Waals surface area contributed by atoms with Crippen molar-refractivity contribution in [2.24, 2.45) is 11.7 Å². The number of carbonyl (C=O) groups excluding carboxylic acids is 2. The number of nitrogens with one attached hydrogen (secondary N) is 2. The van der Waals surface area contributed by atoms with Crippen molar-refractivity contribution in [3.05, 3.63) is 30.3 Å². The van der Waals surface area contributed by atoms with Gasteiger partial charge in [0, 0.05) is 5.56 Å². The quantitative estimate of drug-likeness (QED) is 0.727. The maximum absolute atomic E-state index is 12.0. The van der Waals surface area contributed by atoms with Gasteiger partial charge in [-0.1, -0.05) is 55.9 Å². The summed E-state index contributed by atoms with van der Waals surface area (Å²) in [6.07, 6.45) is 0. The number of urea groups is 1. The van der Waals surface area contributed by atoms with Crippen molar-refractivity contribution in [1.29, 1.82) is 0 Å². The molecule has 4 N–H and O–H groups in total. The molecule has 3 amide bonds. The van der Waals surface area contributed by atoms with Gasteiger partial charge in [0.15, 0.2) is 5.82 Å². The summed E-state index contributed by atoms with van der Waals surface area (Å²) in [5.74, 6) is 0.169. The number of amides is 3. The number of primary amides is 1. The normalized spacial score (nSPS) is 12.1. The lowest BCUT2D eigenvalue weighted by atomic mass is 10.1. The number of nitrogens with zero attached hydrogens (tertiary/aromatic N) is 2. The van der Waals surface area contributed by atoms with Crippen LogP contribution in [-0.4, -0.2) is 32.4 Å². The van der Waals surface area contributed by atoms with Crippen molar-refractivity contribution in [1.82, 2.24) is 20.5 Å². The average molecular weight is 319 g/mol. The standard InChI is InChI=1S/C14H17N5O2S/c1-8(2)10(12(20)17-13(15)21)22-14-16-11(18-19-14)9-6-4-3-5-7-9/h3-8,10H,1-2H3,(H,16,18,19)(H3,15,17,20,21)/t10-/m0/s1. The summed E-state index contributed by atoms with van der Waals surface area (Å²) < 4.78 is 0. The molecule has 0 bridgehead atoms. The molecule has 116 valence electrons. The SMILES string of the molecule is CC(C)[C@H](Sc1n[nH]c(-c2ccccc2)n1)C(=O)NC(N)=O. The summed E-state index contributed by atoms with van der Waals surface area (Å²) in [6.45, 7) is 3.76. The predicted octanol–water partition coefficient (Wildman–Crippen LogP) is 1.78. The van der Waals surface area contributed by atoms with Gasteiger partial charge in [-0.25, -0.2) is 9.78 Å². The van der Waals surface area contributed by atoms with E-state index in [1.165, 1.54) is 11.8 Å². The van der Waals surface area contributed by atoms with E-state index in [-0.39, 0.29) is 5.92 Å². The number of carbonyl (C=O) groups is 2. The molecule has 0 spiro atoms. The van der Waals surface area contributed by atoms with Crippen LogP contribution < -0.4 is 11.1 Å². The molecule has 0 aliphatic rings. The molecule has 2 aromatic rings. The minimum Gasteiger partial charge on any atom is -0.351 e. The van der Waals surface area contributed by atoms with Crippen LogP contribution in [0.4, 0.5) is 4.79 Å². The number of aromatic nitrogens is 3. The summed E-state index contributed by atoms with van der Waals surface area (Å²) in [7, 11) is 0. The van der Waals surface area contributed by atoms with Crippen molar-refractivity contribution in [2.45, 2.75) is 24.3 Å². The van der Waals surface area contributed by atoms with Crippen LogP contribution in [0.5, 0.6) is 0 Å². The van der Waals surface area contributed by atoms with Crippen LogP contribution in [0, 0.1) is 5.92 Å². The Bertz CT molecular complexity index is 656. The van der Waals surface area contributed by atoms with Crippen LogP contribution in [0.25, 0.3) is 11.4 Å². The van der Waals surface area contributed by atoms with Gasteiger partial charge in [-0.05, 0) is 5.92 Å². The second-order valence-electron chi connectivity index (χ2n) is 4.97. The Morgan fingerprint density at radius 2 is 1.95 bits per heavy atom. The van der Waals surface area contributed by atoms with E-state index in [2.05, 4.69) is 20.5 Å². The Labute approximate surface area is 132 Å². The zero-order valence-corrected chi connectivity index (χ0v) is 13.1. The first-order chi connectivity index (χ1) is 10.5. The van der Waals surface area contributed by atoms with Gasteiger partial charge in [-0.3, -0.25) is 15.2 Å². The van der Waals surface area contributed by atoms with E-state index in [9.17, 15) is 9.59 Å². The Balaban J connectivity index is 2.13. The van der Waals surface area contributed by atoms with Gasteiger partial charge in [0.2, 0.25) is 11.1 Å². The zero-order chi connectivity index (χ0) is 16.1. The van der Waals surface area contributed by atoms with Gasteiger partial charge in [0.25, 0.3) is 0 Å². The van der Waals surface area contributed by atoms with Gasteiger partial charge in [-0.15, -0.1) is 5.10 Å². The summed E-state index contributed by atoms with van der Waals surface area (Å²) >= 11 is 1.19. The number of H-pyrrole nitrogens is 1. The van der Waals surface area contributed by atoms with Gasteiger partial charge in [0.05, 0.1) is 5.25 Å². The maximum atomic E-state index is 12.0. The van der Waals surface area contributed by atoms with Crippen LogP contribution in [0.15, 0.2) is 35.5 Å². The molecule has 1 aromatic carbocycles. The highest BCUT2D eigenvalue weighted by Gasteiger charge is 2.26. The number of imide groups is 1. The first-order valence-corrected chi connectivity index (χ1v) is 7.60. The number of benzene rings is 1. The largest absolute Gasteiger partial charge is 0.351 e. The highest BCUT2D eigenvalue weighted by Crippen LogP contribution is 2.27. The molecule has 0 radical (unpaired) electrons. The van der Waals surface area contributed by atoms with E-state index in [0.29, 0.717) is 11.0 Å². The molecule has 7 nitrogen and oxygen atoms in total. The lowest BCUT2D eigenvalue weighted by molar-refractivity contribution is -0.120. The van der Waals surface area contributed by atoms with Crippen LogP contribution in [0.2, 0.25) is 0 Å². The van der Waals surface area contributed by atoms with Gasteiger partial charge >= 0.3 is 6.03 Å². The molecule has 0 saturated carbocycles. The van der Waals surface area contributed by atoms with E-state index in [0.717, 1.165) is 5.56 Å². The van der Waals surface area contributed by atoms with Crippen molar-refractivity contribution in [3.8, 4) is 11.4 Å². The van der Waals surface area contributed by atoms with E-state index in [1.807, 2.05) is 44.2 Å². The van der Waals surface area contributed by atoms with E-state index in [4.69, 9.17) is 5.73 Å². The second kappa shape index (κ2) is 7.08. The lowest BCUT2D eigenvalue weighted by Gasteiger charge is -2.16. The zero-order valence-electron chi connectivity index (χ0n) is 12.2. The van der Waals surface area contributed by atoms with Crippen LogP contribution in [-0.2, 0) is 4.79 Å². The van der Waals surface area contributed by atoms with E-state index >= 15 is 0 Å². The van der Waals surface area contributed by atoms with E-state index < -0.39 is 17.2 Å². The fourth-order valence-corrected chi connectivity index (χ4v) is 2.73. The minimum absolute atomic E-state index is 0.0111. The molecule has 8 heteroatoms. The third-order valence-corrected chi connectivity index (χ3v) is 4.26. The molecular weight excluding hydrogens is 302 g/mol. The van der Waals surface area contributed by atoms with E-state index in [1.54, 1.807) is 0 Å². The molecule has 0 aliphatic carbocycles. The second-order valence-corrected chi connectivity index (χ2v) is 6.08. The summed E-state index contributed by atoms with van der Waals surface area (Å²) in [4.78, 5) is 27.2. The number of hydrogen-bond donors (Lipinski definition) is 3. The molecule has 1 atom stereocenters. The van der Waals surface area contributed by atoms with Crippen LogP contribution in [0.1, 0.15) is 13.8 Å². The third kappa shape index (κ3) is 4.08. The average Bonchev–Trinajstić information content (AvgIpc) is 2.93. The first kappa shape index (κ1) is 16.0. The summed E-state index contributed by atoms with van der Waals surface area (Å²) in [6, 6.07) is 8.68. The topological polar surface area (TPSA) is 114 Å². The number of nitrogens with two attached hydrogens (primary N) is 1. The predicted molar refractivity (Wildman–Crippen MR) is 84.0 cm³/mol. The molecule has 2 rings (SSSR count). The Morgan fingerprint density at radius 3 is 2.55 bits per heavy atom.